The van der Waals surface area contributed by atoms with Crippen molar-refractivity contribution in [2.75, 3.05) is 5.32 Å². The molecule has 0 aliphatic rings. The van der Waals surface area contributed by atoms with Crippen molar-refractivity contribution in [3.63, 3.8) is 0 Å². The van der Waals surface area contributed by atoms with Crippen molar-refractivity contribution in [3.8, 4) is 0 Å². The molecule has 0 fully saturated rings. The van der Waals surface area contributed by atoms with E-state index in [4.69, 9.17) is 5.11 Å². The van der Waals surface area contributed by atoms with Gasteiger partial charge in [0.25, 0.3) is 6.01 Å². The van der Waals surface area contributed by atoms with Gasteiger partial charge in [0.1, 0.15) is 12.0 Å². The molecule has 0 bridgehead atoms. The van der Waals surface area contributed by atoms with Crippen molar-refractivity contribution in [2.24, 2.45) is 0 Å². The Labute approximate surface area is 106 Å². The van der Waals surface area contributed by atoms with E-state index in [0.29, 0.717) is 6.26 Å². The summed E-state index contributed by atoms with van der Waals surface area (Å²) in [5.41, 5.74) is -2.02. The zero-order valence-electron chi connectivity index (χ0n) is 9.18. The lowest BCUT2D eigenvalue weighted by Crippen LogP contribution is -2.07. The molecule has 0 aliphatic carbocycles. The van der Waals surface area contributed by atoms with E-state index in [9.17, 15) is 26.7 Å². The number of aromatic nitrogens is 1. The highest BCUT2D eigenvalue weighted by Gasteiger charge is 2.26. The van der Waals surface area contributed by atoms with Crippen LogP contribution in [0.15, 0.2) is 10.7 Å². The van der Waals surface area contributed by atoms with Gasteiger partial charge in [0, 0.05) is 0 Å². The van der Waals surface area contributed by atoms with E-state index >= 15 is 0 Å². The van der Waals surface area contributed by atoms with Gasteiger partial charge in [-0.15, -0.1) is 0 Å². The van der Waals surface area contributed by atoms with Crippen molar-refractivity contribution in [1.29, 1.82) is 0 Å². The fourth-order valence-electron chi connectivity index (χ4n) is 1.25. The number of halogens is 5. The molecule has 2 aromatic rings. The van der Waals surface area contributed by atoms with Gasteiger partial charge in [-0.3, -0.25) is 0 Å². The maximum absolute atomic E-state index is 13.3. The molecule has 0 spiro atoms. The summed E-state index contributed by atoms with van der Waals surface area (Å²) < 4.78 is 69.6. The normalized spacial score (nSPS) is 10.7. The molecule has 0 amide bonds. The second-order valence-electron chi connectivity index (χ2n) is 3.41. The third-order valence-corrected chi connectivity index (χ3v) is 2.17. The molecule has 0 saturated heterocycles. The molecular weight excluding hydrogens is 291 g/mol. The van der Waals surface area contributed by atoms with E-state index < -0.39 is 52.5 Å². The lowest BCUT2D eigenvalue weighted by atomic mass is 10.2. The number of anilines is 2. The molecule has 2 N–H and O–H groups in total. The molecule has 0 aliphatic heterocycles. The number of hydrogen-bond donors (Lipinski definition) is 2. The van der Waals surface area contributed by atoms with Crippen molar-refractivity contribution < 1.29 is 36.3 Å². The van der Waals surface area contributed by atoms with E-state index in [1.54, 1.807) is 5.32 Å². The average Bonchev–Trinajstić information content (AvgIpc) is 2.88. The van der Waals surface area contributed by atoms with Gasteiger partial charge in [-0.05, 0) is 0 Å². The van der Waals surface area contributed by atoms with Gasteiger partial charge in [0.05, 0.1) is 0 Å². The summed E-state index contributed by atoms with van der Waals surface area (Å²) >= 11 is 0. The molecule has 0 unspecified atom stereocenters. The first-order valence-electron chi connectivity index (χ1n) is 4.80. The number of hydrogen-bond acceptors (Lipinski definition) is 4. The van der Waals surface area contributed by atoms with Gasteiger partial charge in [-0.1, -0.05) is 0 Å². The van der Waals surface area contributed by atoms with Crippen LogP contribution in [0.4, 0.5) is 33.7 Å². The van der Waals surface area contributed by atoms with E-state index in [0.717, 1.165) is 0 Å². The summed E-state index contributed by atoms with van der Waals surface area (Å²) in [7, 11) is 0. The molecule has 5 nitrogen and oxygen atoms in total. The van der Waals surface area contributed by atoms with Crippen LogP contribution in [0.5, 0.6) is 0 Å². The summed E-state index contributed by atoms with van der Waals surface area (Å²) in [5, 5.41) is 10.2. The Morgan fingerprint density at radius 1 is 1.05 bits per heavy atom. The third-order valence-electron chi connectivity index (χ3n) is 2.17. The predicted molar refractivity (Wildman–Crippen MR) is 53.0 cm³/mol. The summed E-state index contributed by atoms with van der Waals surface area (Å²) in [6, 6.07) is -0.745. The fraction of sp³-hybridized carbons (Fsp3) is 0. The first-order chi connectivity index (χ1) is 9.32. The maximum Gasteiger partial charge on any atom is 0.357 e. The summed E-state index contributed by atoms with van der Waals surface area (Å²) in [6.07, 6.45) is 0.622. The Hall–Kier alpha value is -2.65. The van der Waals surface area contributed by atoms with Crippen LogP contribution in [-0.2, 0) is 0 Å². The van der Waals surface area contributed by atoms with Crippen LogP contribution in [0.25, 0.3) is 0 Å². The monoisotopic (exact) mass is 294 g/mol. The second-order valence-corrected chi connectivity index (χ2v) is 3.41. The van der Waals surface area contributed by atoms with E-state index in [1.807, 2.05) is 0 Å². The second kappa shape index (κ2) is 4.79. The molecule has 1 heterocycles. The number of oxazole rings is 1. The molecule has 0 atom stereocenters. The smallest absolute Gasteiger partial charge is 0.357 e. The maximum atomic E-state index is 13.3. The number of carbonyl (C=O) groups is 1. The largest absolute Gasteiger partial charge is 0.476 e. The highest BCUT2D eigenvalue weighted by molar-refractivity contribution is 5.85. The number of aromatic carboxylic acids is 1. The zero-order chi connectivity index (χ0) is 15.0. The molecule has 20 heavy (non-hydrogen) atoms. The van der Waals surface area contributed by atoms with Gasteiger partial charge >= 0.3 is 5.97 Å². The van der Waals surface area contributed by atoms with Crippen LogP contribution < -0.4 is 5.32 Å². The van der Waals surface area contributed by atoms with Gasteiger partial charge in [-0.25, -0.2) is 26.7 Å². The molecule has 2 rings (SSSR count). The van der Waals surface area contributed by atoms with E-state index in [2.05, 4.69) is 9.40 Å². The van der Waals surface area contributed by atoms with Crippen molar-refractivity contribution >= 4 is 17.7 Å². The third kappa shape index (κ3) is 2.15. The Kier molecular flexibility index (Phi) is 3.30. The number of carboxylic acids is 1. The number of benzene rings is 1. The highest BCUT2D eigenvalue weighted by Crippen LogP contribution is 2.29. The SMILES string of the molecule is O=C(O)c1coc(Nc2c(F)c(F)c(F)c(F)c2F)n1. The first-order valence-corrected chi connectivity index (χ1v) is 4.80. The minimum atomic E-state index is -2.32. The summed E-state index contributed by atoms with van der Waals surface area (Å²) in [4.78, 5) is 13.7. The molecular formula is C10H3F5N2O3. The quantitative estimate of drug-likeness (QED) is 0.517. The molecule has 1 aromatic carbocycles. The minimum absolute atomic E-state index is 0.614. The molecule has 10 heteroatoms. The lowest BCUT2D eigenvalue weighted by Gasteiger charge is -2.07. The van der Waals surface area contributed by atoms with Gasteiger partial charge in [0.15, 0.2) is 29.0 Å². The van der Waals surface area contributed by atoms with E-state index in [1.165, 1.54) is 0 Å². The van der Waals surface area contributed by atoms with Crippen molar-refractivity contribution in [3.05, 3.63) is 41.0 Å². The van der Waals surface area contributed by atoms with Gasteiger partial charge in [-0.2, -0.15) is 4.98 Å². The van der Waals surface area contributed by atoms with Crippen molar-refractivity contribution in [2.45, 2.75) is 0 Å². The number of rotatable bonds is 3. The first kappa shape index (κ1) is 13.8. The fourth-order valence-corrected chi connectivity index (χ4v) is 1.25. The molecule has 1 aromatic heterocycles. The van der Waals surface area contributed by atoms with E-state index in [-0.39, 0.29) is 0 Å². The summed E-state index contributed by atoms with van der Waals surface area (Å²) in [5.74, 6) is -12.4. The van der Waals surface area contributed by atoms with Crippen LogP contribution in [0.2, 0.25) is 0 Å². The van der Waals surface area contributed by atoms with Crippen LogP contribution in [0.3, 0.4) is 0 Å². The number of nitrogens with zero attached hydrogens (tertiary/aromatic N) is 1. The van der Waals surface area contributed by atoms with Crippen LogP contribution >= 0.6 is 0 Å². The molecule has 0 radical (unpaired) electrons. The molecule has 0 saturated carbocycles. The van der Waals surface area contributed by atoms with Crippen LogP contribution in [0.1, 0.15) is 10.5 Å². The Morgan fingerprint density at radius 3 is 2.00 bits per heavy atom. The topological polar surface area (TPSA) is 75.4 Å². The zero-order valence-corrected chi connectivity index (χ0v) is 9.18. The minimum Gasteiger partial charge on any atom is -0.476 e. The number of nitrogens with one attached hydrogen (secondary N) is 1. The predicted octanol–water partition coefficient (Wildman–Crippen LogP) is 2.81. The van der Waals surface area contributed by atoms with Crippen LogP contribution in [0, 0.1) is 29.1 Å². The Balaban J connectivity index is 2.45. The van der Waals surface area contributed by atoms with Crippen molar-refractivity contribution in [1.82, 2.24) is 4.98 Å². The van der Waals surface area contributed by atoms with Gasteiger partial charge in [0.2, 0.25) is 5.82 Å². The highest BCUT2D eigenvalue weighted by atomic mass is 19.2. The summed E-state index contributed by atoms with van der Waals surface area (Å²) in [6.45, 7) is 0. The molecule has 106 valence electrons. The standard InChI is InChI=1S/C10H3F5N2O3/c11-3-4(12)6(14)8(7(15)5(3)13)17-10-16-2(1-20-10)9(18)19/h1H,(H,16,17)(H,18,19). The Bertz CT molecular complexity index is 671. The lowest BCUT2D eigenvalue weighted by molar-refractivity contribution is 0.0690. The number of carboxylic acid groups (broad SMARTS) is 1. The van der Waals surface area contributed by atoms with Crippen LogP contribution in [-0.4, -0.2) is 16.1 Å². The van der Waals surface area contributed by atoms with Gasteiger partial charge < -0.3 is 14.8 Å². The Morgan fingerprint density at radius 2 is 1.55 bits per heavy atom. The average molecular weight is 294 g/mol.